The first-order valence-electron chi connectivity index (χ1n) is 12.2. The van der Waals surface area contributed by atoms with E-state index in [9.17, 15) is 13.2 Å². The minimum Gasteiger partial charge on any atom is -0.451 e. The quantitative estimate of drug-likeness (QED) is 0.556. The van der Waals surface area contributed by atoms with E-state index < -0.39 is 10.0 Å². The van der Waals surface area contributed by atoms with E-state index in [-0.39, 0.29) is 22.6 Å². The van der Waals surface area contributed by atoms with Crippen LogP contribution in [0.2, 0.25) is 0 Å². The molecule has 6 nitrogen and oxygen atoms in total. The van der Waals surface area contributed by atoms with Crippen LogP contribution in [0.15, 0.2) is 51.8 Å². The van der Waals surface area contributed by atoms with Gasteiger partial charge in [0.1, 0.15) is 5.58 Å². The second kappa shape index (κ2) is 8.86. The molecule has 0 bridgehead atoms. The summed E-state index contributed by atoms with van der Waals surface area (Å²) in [4.78, 5) is 13.4. The van der Waals surface area contributed by atoms with Gasteiger partial charge in [0.2, 0.25) is 10.0 Å². The SMILES string of the molecule is Cc1c(C(=O)NC2CCCc3ccccc32)oc2ccc(S(=O)(=O)N3CC(C)CC(C)C3)cc12. The normalized spacial score (nSPS) is 23.6. The van der Waals surface area contributed by atoms with E-state index >= 15 is 0 Å². The Labute approximate surface area is 201 Å². The van der Waals surface area contributed by atoms with Crippen LogP contribution in [-0.2, 0) is 16.4 Å². The highest BCUT2D eigenvalue weighted by Crippen LogP contribution is 2.33. The van der Waals surface area contributed by atoms with E-state index in [0.717, 1.165) is 31.2 Å². The third-order valence-corrected chi connectivity index (χ3v) is 9.09. The van der Waals surface area contributed by atoms with Gasteiger partial charge in [-0.1, -0.05) is 38.1 Å². The summed E-state index contributed by atoms with van der Waals surface area (Å²) in [5.41, 5.74) is 3.62. The molecular weight excluding hydrogens is 448 g/mol. The lowest BCUT2D eigenvalue weighted by Gasteiger charge is -2.34. The second-order valence-electron chi connectivity index (χ2n) is 10.1. The Bertz CT molecular complexity index is 1330. The Kier molecular flexibility index (Phi) is 6.02. The maximum absolute atomic E-state index is 13.4. The number of amides is 1. The van der Waals surface area contributed by atoms with Gasteiger partial charge in [-0.15, -0.1) is 0 Å². The number of nitrogens with one attached hydrogen (secondary N) is 1. The van der Waals surface area contributed by atoms with Crippen LogP contribution in [0.5, 0.6) is 0 Å². The van der Waals surface area contributed by atoms with Crippen LogP contribution in [0.1, 0.15) is 66.4 Å². The van der Waals surface area contributed by atoms with E-state index in [1.807, 2.05) is 19.1 Å². The maximum Gasteiger partial charge on any atom is 0.287 e. The van der Waals surface area contributed by atoms with Crippen LogP contribution >= 0.6 is 0 Å². The lowest BCUT2D eigenvalue weighted by Crippen LogP contribution is -2.42. The average Bonchev–Trinajstić information content (AvgIpc) is 3.15. The molecule has 1 aliphatic carbocycles. The molecule has 2 aromatic carbocycles. The van der Waals surface area contributed by atoms with E-state index in [1.165, 1.54) is 5.56 Å². The molecule has 5 rings (SSSR count). The van der Waals surface area contributed by atoms with Gasteiger partial charge < -0.3 is 9.73 Å². The summed E-state index contributed by atoms with van der Waals surface area (Å²) >= 11 is 0. The molecule has 3 aromatic rings. The van der Waals surface area contributed by atoms with E-state index in [1.54, 1.807) is 22.5 Å². The molecular formula is C27H32N2O4S. The van der Waals surface area contributed by atoms with Gasteiger partial charge in [-0.05, 0) is 73.8 Å². The third kappa shape index (κ3) is 4.16. The molecule has 0 spiro atoms. The summed E-state index contributed by atoms with van der Waals surface area (Å²) in [6, 6.07) is 13.1. The molecule has 1 aliphatic heterocycles. The van der Waals surface area contributed by atoms with Crippen molar-refractivity contribution < 1.29 is 17.6 Å². The lowest BCUT2D eigenvalue weighted by molar-refractivity contribution is 0.0906. The van der Waals surface area contributed by atoms with Crippen molar-refractivity contribution in [3.05, 3.63) is 64.9 Å². The molecule has 1 aromatic heterocycles. The number of piperidine rings is 1. The third-order valence-electron chi connectivity index (χ3n) is 7.26. The Balaban J connectivity index is 1.43. The molecule has 1 amide bonds. The van der Waals surface area contributed by atoms with E-state index in [2.05, 4.69) is 31.3 Å². The van der Waals surface area contributed by atoms with Crippen molar-refractivity contribution in [2.75, 3.05) is 13.1 Å². The van der Waals surface area contributed by atoms with Gasteiger partial charge in [0.25, 0.3) is 5.91 Å². The maximum atomic E-state index is 13.4. The van der Waals surface area contributed by atoms with Crippen LogP contribution in [-0.4, -0.2) is 31.7 Å². The zero-order chi connectivity index (χ0) is 24.0. The van der Waals surface area contributed by atoms with Gasteiger partial charge in [-0.25, -0.2) is 8.42 Å². The minimum absolute atomic E-state index is 0.0518. The number of rotatable bonds is 4. The number of sulfonamides is 1. The molecule has 1 saturated heterocycles. The zero-order valence-corrected chi connectivity index (χ0v) is 20.8. The molecule has 1 N–H and O–H groups in total. The van der Waals surface area contributed by atoms with Crippen LogP contribution in [0.4, 0.5) is 0 Å². The Morgan fingerprint density at radius 1 is 1.09 bits per heavy atom. The first-order chi connectivity index (χ1) is 16.2. The number of hydrogen-bond acceptors (Lipinski definition) is 4. The fourth-order valence-electron chi connectivity index (χ4n) is 5.66. The van der Waals surface area contributed by atoms with Crippen molar-refractivity contribution in [3.63, 3.8) is 0 Å². The van der Waals surface area contributed by atoms with Crippen molar-refractivity contribution in [1.29, 1.82) is 0 Å². The average molecular weight is 481 g/mol. The van der Waals surface area contributed by atoms with Crippen molar-refractivity contribution in [3.8, 4) is 0 Å². The Hall–Kier alpha value is -2.64. The predicted molar refractivity (Wildman–Crippen MR) is 132 cm³/mol. The fraction of sp³-hybridized carbons (Fsp3) is 0.444. The minimum atomic E-state index is -3.61. The smallest absolute Gasteiger partial charge is 0.287 e. The molecule has 2 heterocycles. The van der Waals surface area contributed by atoms with Gasteiger partial charge in [-0.3, -0.25) is 4.79 Å². The highest BCUT2D eigenvalue weighted by molar-refractivity contribution is 7.89. The molecule has 2 aliphatic rings. The van der Waals surface area contributed by atoms with Gasteiger partial charge >= 0.3 is 0 Å². The monoisotopic (exact) mass is 480 g/mol. The Morgan fingerprint density at radius 3 is 2.59 bits per heavy atom. The number of hydrogen-bond donors (Lipinski definition) is 1. The van der Waals surface area contributed by atoms with Crippen molar-refractivity contribution in [1.82, 2.24) is 9.62 Å². The predicted octanol–water partition coefficient (Wildman–Crippen LogP) is 5.22. The molecule has 0 radical (unpaired) electrons. The summed E-state index contributed by atoms with van der Waals surface area (Å²) in [5, 5.41) is 3.80. The van der Waals surface area contributed by atoms with Crippen LogP contribution in [0.25, 0.3) is 11.0 Å². The summed E-state index contributed by atoms with van der Waals surface area (Å²) in [6.45, 7) is 7.07. The van der Waals surface area contributed by atoms with E-state index in [0.29, 0.717) is 41.5 Å². The summed E-state index contributed by atoms with van der Waals surface area (Å²) in [6.07, 6.45) is 3.97. The largest absolute Gasteiger partial charge is 0.451 e. The van der Waals surface area contributed by atoms with Gasteiger partial charge in [0, 0.05) is 24.0 Å². The Morgan fingerprint density at radius 2 is 1.82 bits per heavy atom. The number of fused-ring (bicyclic) bond motifs is 2. The van der Waals surface area contributed by atoms with Gasteiger partial charge in [0.15, 0.2) is 5.76 Å². The summed E-state index contributed by atoms with van der Waals surface area (Å²) in [7, 11) is -3.61. The molecule has 7 heteroatoms. The lowest BCUT2D eigenvalue weighted by atomic mass is 9.87. The topological polar surface area (TPSA) is 79.6 Å². The summed E-state index contributed by atoms with van der Waals surface area (Å²) in [5.74, 6) is 0.641. The second-order valence-corrected chi connectivity index (χ2v) is 12.0. The zero-order valence-electron chi connectivity index (χ0n) is 20.0. The molecule has 180 valence electrons. The molecule has 34 heavy (non-hydrogen) atoms. The van der Waals surface area contributed by atoms with Crippen LogP contribution in [0, 0.1) is 18.8 Å². The summed E-state index contributed by atoms with van der Waals surface area (Å²) < 4.78 is 34.2. The van der Waals surface area contributed by atoms with Crippen LogP contribution in [0.3, 0.4) is 0 Å². The number of carbonyl (C=O) groups is 1. The standard InChI is InChI=1S/C27H32N2O4S/c1-17-13-18(2)16-29(15-17)34(31,32)21-11-12-25-23(14-21)19(3)26(33-25)27(30)28-24-10-6-8-20-7-4-5-9-22(20)24/h4-5,7,9,11-12,14,17-18,24H,6,8,10,13,15-16H2,1-3H3,(H,28,30). The van der Waals surface area contributed by atoms with Gasteiger partial charge in [-0.2, -0.15) is 4.31 Å². The molecule has 3 unspecified atom stereocenters. The van der Waals surface area contributed by atoms with Crippen molar-refractivity contribution >= 4 is 26.9 Å². The van der Waals surface area contributed by atoms with Crippen LogP contribution < -0.4 is 5.32 Å². The fourth-order valence-corrected chi connectivity index (χ4v) is 7.36. The van der Waals surface area contributed by atoms with Crippen molar-refractivity contribution in [2.45, 2.75) is 57.4 Å². The molecule has 3 atom stereocenters. The number of furan rings is 1. The number of aryl methyl sites for hydroxylation is 2. The molecule has 0 saturated carbocycles. The first-order valence-corrected chi connectivity index (χ1v) is 13.6. The first kappa shape index (κ1) is 23.1. The highest BCUT2D eigenvalue weighted by Gasteiger charge is 2.32. The van der Waals surface area contributed by atoms with Gasteiger partial charge in [0.05, 0.1) is 10.9 Å². The van der Waals surface area contributed by atoms with Crippen molar-refractivity contribution in [2.24, 2.45) is 11.8 Å². The number of nitrogens with zero attached hydrogens (tertiary/aromatic N) is 1. The number of carbonyl (C=O) groups excluding carboxylic acids is 1. The number of benzene rings is 2. The van der Waals surface area contributed by atoms with E-state index in [4.69, 9.17) is 4.42 Å². The highest BCUT2D eigenvalue weighted by atomic mass is 32.2. The molecule has 1 fully saturated rings.